The van der Waals surface area contributed by atoms with Crippen LogP contribution in [0.4, 0.5) is 5.69 Å². The van der Waals surface area contributed by atoms with Crippen LogP contribution in [0.3, 0.4) is 0 Å². The molecule has 0 fully saturated rings. The number of pyridine rings is 1. The number of ether oxygens (including phenoxy) is 2. The molecule has 0 aliphatic heterocycles. The Balaban J connectivity index is 2.29. The molecule has 0 saturated heterocycles. The smallest absolute Gasteiger partial charge is 0.344 e. The Bertz CT molecular complexity index is 713. The molecule has 2 aromatic rings. The molecule has 0 unspecified atom stereocenters. The summed E-state index contributed by atoms with van der Waals surface area (Å²) in [4.78, 5) is 25.9. The molecular weight excluding hydrogens is 300 g/mol. The van der Waals surface area contributed by atoms with Crippen molar-refractivity contribution in [2.45, 2.75) is 13.8 Å². The maximum Gasteiger partial charge on any atom is 0.344 e. The van der Waals surface area contributed by atoms with Crippen molar-refractivity contribution in [1.82, 2.24) is 4.98 Å². The van der Waals surface area contributed by atoms with E-state index in [9.17, 15) is 14.9 Å². The van der Waals surface area contributed by atoms with Crippen LogP contribution < -0.4 is 4.74 Å². The molecule has 120 valence electrons. The number of esters is 1. The second-order valence-electron chi connectivity index (χ2n) is 4.74. The minimum absolute atomic E-state index is 0.207. The highest BCUT2D eigenvalue weighted by Crippen LogP contribution is 2.28. The van der Waals surface area contributed by atoms with Crippen LogP contribution in [0.2, 0.25) is 0 Å². The quantitative estimate of drug-likeness (QED) is 0.462. The molecule has 0 saturated carbocycles. The van der Waals surface area contributed by atoms with Gasteiger partial charge in [0, 0.05) is 11.6 Å². The van der Waals surface area contributed by atoms with Gasteiger partial charge in [-0.25, -0.2) is 9.78 Å². The van der Waals surface area contributed by atoms with Crippen LogP contribution in [0.15, 0.2) is 36.4 Å². The second-order valence-corrected chi connectivity index (χ2v) is 4.74. The first-order chi connectivity index (χ1) is 11.0. The third kappa shape index (κ3) is 4.26. The summed E-state index contributed by atoms with van der Waals surface area (Å²) >= 11 is 0. The SMILES string of the molecule is CCOC(=O)COc1nc(-c2ccc(C)cc2)ccc1[N+](=O)[O-]. The molecule has 0 bridgehead atoms. The Morgan fingerprint density at radius 3 is 2.52 bits per heavy atom. The fraction of sp³-hybridized carbons (Fsp3) is 0.250. The number of aryl methyl sites for hydroxylation is 1. The number of nitro groups is 1. The normalized spacial score (nSPS) is 10.2. The van der Waals surface area contributed by atoms with Gasteiger partial charge in [-0.05, 0) is 19.9 Å². The Labute approximate surface area is 133 Å². The summed E-state index contributed by atoms with van der Waals surface area (Å²) in [6, 6.07) is 10.4. The number of aromatic nitrogens is 1. The van der Waals surface area contributed by atoms with Crippen molar-refractivity contribution >= 4 is 11.7 Å². The van der Waals surface area contributed by atoms with E-state index in [1.165, 1.54) is 6.07 Å². The summed E-state index contributed by atoms with van der Waals surface area (Å²) in [5.74, 6) is -0.814. The van der Waals surface area contributed by atoms with Crippen LogP contribution in [0.1, 0.15) is 12.5 Å². The first-order valence-electron chi connectivity index (χ1n) is 7.02. The fourth-order valence-corrected chi connectivity index (χ4v) is 1.89. The number of rotatable bonds is 6. The maximum absolute atomic E-state index is 11.3. The van der Waals surface area contributed by atoms with E-state index < -0.39 is 17.5 Å². The van der Waals surface area contributed by atoms with Crippen molar-refractivity contribution in [1.29, 1.82) is 0 Å². The van der Waals surface area contributed by atoms with Gasteiger partial charge in [0.2, 0.25) is 0 Å². The van der Waals surface area contributed by atoms with Gasteiger partial charge in [-0.15, -0.1) is 0 Å². The topological polar surface area (TPSA) is 91.6 Å². The maximum atomic E-state index is 11.3. The van der Waals surface area contributed by atoms with Crippen molar-refractivity contribution in [3.63, 3.8) is 0 Å². The zero-order valence-electron chi connectivity index (χ0n) is 12.8. The lowest BCUT2D eigenvalue weighted by atomic mass is 10.1. The molecule has 0 spiro atoms. The Morgan fingerprint density at radius 1 is 1.22 bits per heavy atom. The molecule has 0 atom stereocenters. The van der Waals surface area contributed by atoms with Crippen LogP contribution >= 0.6 is 0 Å². The molecule has 0 aliphatic carbocycles. The number of hydrogen-bond acceptors (Lipinski definition) is 6. The predicted molar refractivity (Wildman–Crippen MR) is 83.2 cm³/mol. The zero-order chi connectivity index (χ0) is 16.8. The Kier molecular flexibility index (Phi) is 5.24. The molecule has 0 N–H and O–H groups in total. The van der Waals surface area contributed by atoms with Gasteiger partial charge in [0.05, 0.1) is 17.2 Å². The Morgan fingerprint density at radius 2 is 1.91 bits per heavy atom. The van der Waals surface area contributed by atoms with Crippen molar-refractivity contribution < 1.29 is 19.2 Å². The van der Waals surface area contributed by atoms with Crippen molar-refractivity contribution in [2.75, 3.05) is 13.2 Å². The van der Waals surface area contributed by atoms with Crippen LogP contribution in [0.5, 0.6) is 5.88 Å². The summed E-state index contributed by atoms with van der Waals surface area (Å²) < 4.78 is 9.90. The average molecular weight is 316 g/mol. The fourth-order valence-electron chi connectivity index (χ4n) is 1.89. The molecule has 0 amide bonds. The minimum atomic E-state index is -0.607. The largest absolute Gasteiger partial charge is 0.463 e. The monoisotopic (exact) mass is 316 g/mol. The van der Waals surface area contributed by atoms with E-state index in [1.807, 2.05) is 31.2 Å². The molecule has 1 aromatic heterocycles. The van der Waals surface area contributed by atoms with Gasteiger partial charge >= 0.3 is 11.7 Å². The van der Waals surface area contributed by atoms with E-state index in [2.05, 4.69) is 4.98 Å². The van der Waals surface area contributed by atoms with Gasteiger partial charge < -0.3 is 9.47 Å². The molecule has 2 rings (SSSR count). The zero-order valence-corrected chi connectivity index (χ0v) is 12.8. The van der Waals surface area contributed by atoms with Crippen LogP contribution in [-0.2, 0) is 9.53 Å². The van der Waals surface area contributed by atoms with Gasteiger partial charge in [-0.3, -0.25) is 10.1 Å². The van der Waals surface area contributed by atoms with Crippen molar-refractivity contribution in [3.8, 4) is 17.1 Å². The molecule has 1 heterocycles. The first kappa shape index (κ1) is 16.4. The number of carbonyl (C=O) groups is 1. The summed E-state index contributed by atoms with van der Waals surface area (Å²) in [6.07, 6.45) is 0. The lowest BCUT2D eigenvalue weighted by molar-refractivity contribution is -0.386. The van der Waals surface area contributed by atoms with Gasteiger partial charge in [0.15, 0.2) is 6.61 Å². The highest BCUT2D eigenvalue weighted by molar-refractivity contribution is 5.71. The number of benzene rings is 1. The van der Waals surface area contributed by atoms with E-state index in [4.69, 9.17) is 9.47 Å². The van der Waals surface area contributed by atoms with Gasteiger partial charge in [0.1, 0.15) is 0 Å². The van der Waals surface area contributed by atoms with Crippen LogP contribution in [-0.4, -0.2) is 29.1 Å². The first-order valence-corrected chi connectivity index (χ1v) is 7.02. The number of carbonyl (C=O) groups excluding carboxylic acids is 1. The van der Waals surface area contributed by atoms with Gasteiger partial charge in [-0.1, -0.05) is 29.8 Å². The lowest BCUT2D eigenvalue weighted by Gasteiger charge is -2.08. The van der Waals surface area contributed by atoms with Crippen LogP contribution in [0.25, 0.3) is 11.3 Å². The Hall–Kier alpha value is -2.96. The van der Waals surface area contributed by atoms with Crippen molar-refractivity contribution in [3.05, 3.63) is 52.1 Å². The van der Waals surface area contributed by atoms with Gasteiger partial charge in [-0.2, -0.15) is 0 Å². The van der Waals surface area contributed by atoms with Crippen molar-refractivity contribution in [2.24, 2.45) is 0 Å². The van der Waals surface area contributed by atoms with E-state index >= 15 is 0 Å². The average Bonchev–Trinajstić information content (AvgIpc) is 2.53. The van der Waals surface area contributed by atoms with Gasteiger partial charge in [0.25, 0.3) is 5.88 Å². The second kappa shape index (κ2) is 7.35. The van der Waals surface area contributed by atoms with E-state index in [1.54, 1.807) is 13.0 Å². The van der Waals surface area contributed by atoms with Crippen LogP contribution in [0, 0.1) is 17.0 Å². The van der Waals surface area contributed by atoms with E-state index in [0.29, 0.717) is 5.69 Å². The summed E-state index contributed by atoms with van der Waals surface area (Å²) in [7, 11) is 0. The van der Waals surface area contributed by atoms with E-state index in [0.717, 1.165) is 11.1 Å². The molecule has 1 aromatic carbocycles. The minimum Gasteiger partial charge on any atom is -0.463 e. The number of hydrogen-bond donors (Lipinski definition) is 0. The third-order valence-electron chi connectivity index (χ3n) is 3.02. The predicted octanol–water partition coefficient (Wildman–Crippen LogP) is 2.91. The number of nitrogens with zero attached hydrogens (tertiary/aromatic N) is 2. The molecule has 0 aliphatic rings. The summed E-state index contributed by atoms with van der Waals surface area (Å²) in [5, 5.41) is 11.1. The van der Waals surface area contributed by atoms with E-state index in [-0.39, 0.29) is 18.2 Å². The highest BCUT2D eigenvalue weighted by atomic mass is 16.6. The lowest BCUT2D eigenvalue weighted by Crippen LogP contribution is -2.15. The summed E-state index contributed by atoms with van der Waals surface area (Å²) in [5.41, 5.74) is 2.11. The standard InChI is InChI=1S/C16H16N2O5/c1-3-22-15(19)10-23-16-14(18(20)21)9-8-13(17-16)12-6-4-11(2)5-7-12/h4-9H,3,10H2,1-2H3. The highest BCUT2D eigenvalue weighted by Gasteiger charge is 2.19. The molecule has 7 heteroatoms. The molecule has 23 heavy (non-hydrogen) atoms. The molecule has 0 radical (unpaired) electrons. The third-order valence-corrected chi connectivity index (χ3v) is 3.02. The molecule has 7 nitrogen and oxygen atoms in total. The summed E-state index contributed by atoms with van der Waals surface area (Å²) in [6.45, 7) is 3.40. The molecular formula is C16H16N2O5.